The highest BCUT2D eigenvalue weighted by atomic mass is 35.5. The normalized spacial score (nSPS) is 10.9. The Morgan fingerprint density at radius 3 is 2.30 bits per heavy atom. The third-order valence-corrected chi connectivity index (χ3v) is 5.70. The second kappa shape index (κ2) is 10.4. The topological polar surface area (TPSA) is 50.4 Å². The molecule has 33 heavy (non-hydrogen) atoms. The van der Waals surface area contributed by atoms with Crippen molar-refractivity contribution in [3.05, 3.63) is 101 Å². The predicted molar refractivity (Wildman–Crippen MR) is 137 cm³/mol. The van der Waals surface area contributed by atoms with Gasteiger partial charge in [-0.25, -0.2) is 0 Å². The molecule has 2 N–H and O–H groups in total. The molecule has 0 radical (unpaired) electrons. The van der Waals surface area contributed by atoms with Gasteiger partial charge >= 0.3 is 0 Å². The standard InChI is InChI=1S/C28H27ClN2O2/c1-19(2)28(32)31-24-14-12-23(13-15-24)30-17-26-25-6-4-3-5-21(25)9-16-27(26)33-18-20-7-10-22(29)11-8-20/h3-16,19,30H,17-18H2,1-2H3,(H,31,32). The highest BCUT2D eigenvalue weighted by molar-refractivity contribution is 6.30. The van der Waals surface area contributed by atoms with Crippen molar-refractivity contribution < 1.29 is 9.53 Å². The first kappa shape index (κ1) is 22.7. The van der Waals surface area contributed by atoms with E-state index in [0.29, 0.717) is 18.2 Å². The fourth-order valence-electron chi connectivity index (χ4n) is 3.52. The highest BCUT2D eigenvalue weighted by Gasteiger charge is 2.10. The average Bonchev–Trinajstić information content (AvgIpc) is 2.83. The maximum Gasteiger partial charge on any atom is 0.226 e. The molecule has 0 heterocycles. The Labute approximate surface area is 199 Å². The Balaban J connectivity index is 1.51. The van der Waals surface area contributed by atoms with E-state index in [1.54, 1.807) is 0 Å². The van der Waals surface area contributed by atoms with Crippen molar-refractivity contribution >= 4 is 39.7 Å². The zero-order valence-electron chi connectivity index (χ0n) is 18.8. The lowest BCUT2D eigenvalue weighted by molar-refractivity contribution is -0.118. The van der Waals surface area contributed by atoms with Gasteiger partial charge in [0.05, 0.1) is 0 Å². The van der Waals surface area contributed by atoms with Gasteiger partial charge in [0.2, 0.25) is 5.91 Å². The van der Waals surface area contributed by atoms with Gasteiger partial charge in [-0.3, -0.25) is 4.79 Å². The van der Waals surface area contributed by atoms with Crippen LogP contribution in [0.15, 0.2) is 84.9 Å². The van der Waals surface area contributed by atoms with E-state index >= 15 is 0 Å². The van der Waals surface area contributed by atoms with E-state index in [1.807, 2.05) is 80.6 Å². The fourth-order valence-corrected chi connectivity index (χ4v) is 3.65. The van der Waals surface area contributed by atoms with Gasteiger partial charge in [-0.1, -0.05) is 67.9 Å². The number of benzene rings is 4. The number of fused-ring (bicyclic) bond motifs is 1. The Hall–Kier alpha value is -3.50. The second-order valence-electron chi connectivity index (χ2n) is 8.25. The molecule has 0 fully saturated rings. The molecule has 4 aromatic rings. The van der Waals surface area contributed by atoms with Gasteiger partial charge in [0, 0.05) is 34.4 Å². The van der Waals surface area contributed by atoms with Gasteiger partial charge in [-0.15, -0.1) is 0 Å². The molecule has 4 nitrogen and oxygen atoms in total. The molecule has 0 spiro atoms. The van der Waals surface area contributed by atoms with Crippen molar-refractivity contribution in [2.75, 3.05) is 10.6 Å². The van der Waals surface area contributed by atoms with Gasteiger partial charge in [0.15, 0.2) is 0 Å². The minimum atomic E-state index is -0.0551. The summed E-state index contributed by atoms with van der Waals surface area (Å²) >= 11 is 6.00. The summed E-state index contributed by atoms with van der Waals surface area (Å²) in [5.74, 6) is 0.798. The zero-order chi connectivity index (χ0) is 23.2. The Bertz CT molecular complexity index is 1240. The summed E-state index contributed by atoms with van der Waals surface area (Å²) in [5, 5.41) is 9.44. The van der Waals surface area contributed by atoms with Crippen LogP contribution in [-0.4, -0.2) is 5.91 Å². The Morgan fingerprint density at radius 1 is 0.879 bits per heavy atom. The molecule has 0 aliphatic rings. The van der Waals surface area contributed by atoms with E-state index in [0.717, 1.165) is 33.6 Å². The largest absolute Gasteiger partial charge is 0.489 e. The highest BCUT2D eigenvalue weighted by Crippen LogP contribution is 2.30. The first-order chi connectivity index (χ1) is 16.0. The van der Waals surface area contributed by atoms with Crippen molar-refractivity contribution in [2.45, 2.75) is 27.0 Å². The lowest BCUT2D eigenvalue weighted by atomic mass is 10.0. The van der Waals surface area contributed by atoms with E-state index in [1.165, 1.54) is 5.39 Å². The summed E-state index contributed by atoms with van der Waals surface area (Å²) in [7, 11) is 0. The molecule has 0 bridgehead atoms. The van der Waals surface area contributed by atoms with Gasteiger partial charge in [-0.05, 0) is 58.8 Å². The number of rotatable bonds is 8. The van der Waals surface area contributed by atoms with E-state index < -0.39 is 0 Å². The van der Waals surface area contributed by atoms with Crippen LogP contribution in [0.2, 0.25) is 5.02 Å². The van der Waals surface area contributed by atoms with Gasteiger partial charge in [0.25, 0.3) is 0 Å². The molecule has 0 saturated carbocycles. The maximum absolute atomic E-state index is 11.9. The number of carbonyl (C=O) groups excluding carboxylic acids is 1. The monoisotopic (exact) mass is 458 g/mol. The summed E-state index contributed by atoms with van der Waals surface area (Å²) in [5.41, 5.74) is 3.91. The fraction of sp³-hybridized carbons (Fsp3) is 0.179. The number of hydrogen-bond acceptors (Lipinski definition) is 3. The minimum absolute atomic E-state index is 0.00828. The molecule has 0 atom stereocenters. The number of amides is 1. The van der Waals surface area contributed by atoms with E-state index in [-0.39, 0.29) is 11.8 Å². The molecular weight excluding hydrogens is 432 g/mol. The van der Waals surface area contributed by atoms with Gasteiger partial charge < -0.3 is 15.4 Å². The summed E-state index contributed by atoms with van der Waals surface area (Å²) < 4.78 is 6.21. The number of anilines is 2. The number of hydrogen-bond donors (Lipinski definition) is 2. The summed E-state index contributed by atoms with van der Waals surface area (Å²) in [4.78, 5) is 11.9. The van der Waals surface area contributed by atoms with Crippen LogP contribution in [0.25, 0.3) is 10.8 Å². The first-order valence-corrected chi connectivity index (χ1v) is 11.4. The van der Waals surface area contributed by atoms with Crippen molar-refractivity contribution in [1.29, 1.82) is 0 Å². The minimum Gasteiger partial charge on any atom is -0.489 e. The molecule has 0 unspecified atom stereocenters. The van der Waals surface area contributed by atoms with E-state index in [9.17, 15) is 4.79 Å². The van der Waals surface area contributed by atoms with Gasteiger partial charge in [-0.2, -0.15) is 0 Å². The SMILES string of the molecule is CC(C)C(=O)Nc1ccc(NCc2c(OCc3ccc(Cl)cc3)ccc3ccccc23)cc1. The number of carbonyl (C=O) groups is 1. The third kappa shape index (κ3) is 5.85. The summed E-state index contributed by atoms with van der Waals surface area (Å²) in [6.07, 6.45) is 0. The van der Waals surface area contributed by atoms with Crippen molar-refractivity contribution in [3.8, 4) is 5.75 Å². The third-order valence-electron chi connectivity index (χ3n) is 5.45. The van der Waals surface area contributed by atoms with Crippen LogP contribution >= 0.6 is 11.6 Å². The molecule has 0 saturated heterocycles. The molecule has 4 aromatic carbocycles. The Kier molecular flexibility index (Phi) is 7.16. The maximum atomic E-state index is 11.9. The molecular formula is C28H27ClN2O2. The zero-order valence-corrected chi connectivity index (χ0v) is 19.5. The number of halogens is 1. The number of ether oxygens (including phenoxy) is 1. The van der Waals surface area contributed by atoms with E-state index in [4.69, 9.17) is 16.3 Å². The second-order valence-corrected chi connectivity index (χ2v) is 8.69. The van der Waals surface area contributed by atoms with Crippen LogP contribution in [0.4, 0.5) is 11.4 Å². The van der Waals surface area contributed by atoms with Crippen LogP contribution < -0.4 is 15.4 Å². The smallest absolute Gasteiger partial charge is 0.226 e. The predicted octanol–water partition coefficient (Wildman–Crippen LogP) is 7.28. The molecule has 5 heteroatoms. The van der Waals surface area contributed by atoms with Crippen molar-refractivity contribution in [2.24, 2.45) is 5.92 Å². The Morgan fingerprint density at radius 2 is 1.58 bits per heavy atom. The number of nitrogens with one attached hydrogen (secondary N) is 2. The molecule has 168 valence electrons. The lowest BCUT2D eigenvalue weighted by Crippen LogP contribution is -2.17. The molecule has 4 rings (SSSR count). The van der Waals surface area contributed by atoms with Crippen LogP contribution in [0.1, 0.15) is 25.0 Å². The van der Waals surface area contributed by atoms with Crippen molar-refractivity contribution in [3.63, 3.8) is 0 Å². The first-order valence-electron chi connectivity index (χ1n) is 11.0. The van der Waals surface area contributed by atoms with Crippen LogP contribution in [0.5, 0.6) is 5.75 Å². The van der Waals surface area contributed by atoms with Crippen molar-refractivity contribution in [1.82, 2.24) is 0 Å². The van der Waals surface area contributed by atoms with E-state index in [2.05, 4.69) is 28.8 Å². The molecule has 0 aromatic heterocycles. The quantitative estimate of drug-likeness (QED) is 0.291. The lowest BCUT2D eigenvalue weighted by Gasteiger charge is -2.16. The summed E-state index contributed by atoms with van der Waals surface area (Å²) in [6.45, 7) is 4.83. The van der Waals surface area contributed by atoms with Crippen LogP contribution in [-0.2, 0) is 17.9 Å². The average molecular weight is 459 g/mol. The molecule has 0 aliphatic carbocycles. The van der Waals surface area contributed by atoms with Crippen LogP contribution in [0.3, 0.4) is 0 Å². The molecule has 0 aliphatic heterocycles. The molecule has 1 amide bonds. The van der Waals surface area contributed by atoms with Gasteiger partial charge in [0.1, 0.15) is 12.4 Å². The van der Waals surface area contributed by atoms with Crippen LogP contribution in [0, 0.1) is 5.92 Å². The summed E-state index contributed by atoms with van der Waals surface area (Å²) in [6, 6.07) is 27.9.